The molecule has 4 unspecified atom stereocenters. The van der Waals surface area contributed by atoms with E-state index in [1.807, 2.05) is 0 Å². The van der Waals surface area contributed by atoms with Crippen LogP contribution in [-0.4, -0.2) is 64.7 Å². The average Bonchev–Trinajstić information content (AvgIpc) is 3.08. The molecule has 15 nitrogen and oxygen atoms in total. The standard InChI is InChI=1S/C10H10N5O10P/c16-1-2-4(17)5(18)8(22-2)13-7-3-6(19)12-9(14(7)20)15-24-26(21,25-15)23-10(13)11-3/h2,4-5,8,16-18,20H,1H2. The number of phosphoric acid groups is 1. The first kappa shape index (κ1) is 16.0. The zero-order valence-electron chi connectivity index (χ0n) is 12.4. The molecule has 0 aliphatic carbocycles. The molecule has 2 saturated heterocycles. The molecule has 5 bridgehead atoms. The third-order valence-electron chi connectivity index (χ3n) is 4.12. The maximum absolute atomic E-state index is 12.2. The minimum atomic E-state index is -4.15. The molecule has 0 aromatic carbocycles. The highest BCUT2D eigenvalue weighted by molar-refractivity contribution is 7.50. The van der Waals surface area contributed by atoms with Gasteiger partial charge in [-0.05, 0) is 0 Å². The van der Waals surface area contributed by atoms with Gasteiger partial charge in [-0.25, -0.2) is 9.13 Å². The second kappa shape index (κ2) is 4.92. The van der Waals surface area contributed by atoms with Gasteiger partial charge >= 0.3 is 19.4 Å². The third-order valence-corrected chi connectivity index (χ3v) is 5.21. The second-order valence-electron chi connectivity index (χ2n) is 5.65. The van der Waals surface area contributed by atoms with Gasteiger partial charge in [-0.15, -0.1) is 14.0 Å². The van der Waals surface area contributed by atoms with Crippen molar-refractivity contribution in [3.63, 3.8) is 0 Å². The number of imidazole rings is 1. The predicted molar refractivity (Wildman–Crippen MR) is 74.9 cm³/mol. The molecule has 6 heterocycles. The Bertz CT molecular complexity index is 1030. The molecular weight excluding hydrogens is 381 g/mol. The van der Waals surface area contributed by atoms with E-state index in [1.165, 1.54) is 0 Å². The number of aromatic nitrogens is 4. The van der Waals surface area contributed by atoms with E-state index >= 15 is 0 Å². The monoisotopic (exact) mass is 391 g/mol. The van der Waals surface area contributed by atoms with Crippen LogP contribution in [0.25, 0.3) is 11.2 Å². The fourth-order valence-corrected chi connectivity index (χ4v) is 3.85. The summed E-state index contributed by atoms with van der Waals surface area (Å²) in [6, 6.07) is -0.557. The van der Waals surface area contributed by atoms with Gasteiger partial charge in [0.05, 0.1) is 6.61 Å². The minimum Gasteiger partial charge on any atom is -0.423 e. The fraction of sp³-hybridized carbons (Fsp3) is 0.500. The lowest BCUT2D eigenvalue weighted by Crippen LogP contribution is -2.38. The molecule has 0 radical (unpaired) electrons. The first-order valence-electron chi connectivity index (χ1n) is 7.19. The van der Waals surface area contributed by atoms with E-state index in [4.69, 9.17) is 18.5 Å². The van der Waals surface area contributed by atoms with Gasteiger partial charge in [0.1, 0.15) is 18.3 Å². The Morgan fingerprint density at radius 2 is 1.92 bits per heavy atom. The van der Waals surface area contributed by atoms with Crippen molar-refractivity contribution in [2.24, 2.45) is 0 Å². The summed E-state index contributed by atoms with van der Waals surface area (Å²) in [5, 5.41) is 40.3. The van der Waals surface area contributed by atoms with Gasteiger partial charge in [-0.2, -0.15) is 9.97 Å². The number of hydrogen-bond donors (Lipinski definition) is 4. The van der Waals surface area contributed by atoms with Crippen molar-refractivity contribution in [1.82, 2.24) is 19.3 Å². The number of rotatable bonds is 2. The Balaban J connectivity index is 1.80. The predicted octanol–water partition coefficient (Wildman–Crippen LogP) is -2.37. The van der Waals surface area contributed by atoms with Crippen molar-refractivity contribution >= 4 is 24.9 Å². The van der Waals surface area contributed by atoms with Crippen LogP contribution in [-0.2, 0) is 18.6 Å². The molecule has 2 aromatic rings. The van der Waals surface area contributed by atoms with Crippen LogP contribution in [0.5, 0.6) is 6.01 Å². The summed E-state index contributed by atoms with van der Waals surface area (Å²) in [6.07, 6.45) is -5.70. The van der Waals surface area contributed by atoms with Gasteiger partial charge in [0, 0.05) is 0 Å². The number of anilines is 1. The van der Waals surface area contributed by atoms with Crippen LogP contribution in [0.1, 0.15) is 6.23 Å². The van der Waals surface area contributed by atoms with Crippen molar-refractivity contribution in [1.29, 1.82) is 0 Å². The molecule has 4 aliphatic rings. The molecule has 0 spiro atoms. The topological polar surface area (TPSA) is 191 Å². The van der Waals surface area contributed by atoms with Crippen molar-refractivity contribution < 1.29 is 43.6 Å². The lowest BCUT2D eigenvalue weighted by Gasteiger charge is -2.32. The molecule has 2 aromatic heterocycles. The van der Waals surface area contributed by atoms with Gasteiger partial charge in [-0.1, -0.05) is 5.23 Å². The van der Waals surface area contributed by atoms with Crippen LogP contribution < -0.4 is 15.3 Å². The molecule has 6 rings (SSSR count). The van der Waals surface area contributed by atoms with Crippen molar-refractivity contribution in [2.75, 3.05) is 11.8 Å². The zero-order chi connectivity index (χ0) is 18.4. The number of hydrogen-bond acceptors (Lipinski definition) is 13. The number of aliphatic hydroxyl groups is 3. The van der Waals surface area contributed by atoms with Gasteiger partial charge in [-0.3, -0.25) is 4.79 Å². The highest BCUT2D eigenvalue weighted by Crippen LogP contribution is 2.60. The molecule has 26 heavy (non-hydrogen) atoms. The maximum atomic E-state index is 12.2. The van der Waals surface area contributed by atoms with Gasteiger partial charge in [0.15, 0.2) is 17.4 Å². The SMILES string of the molecule is O=c1nc2n(O)c3c1nc(n3C1OC(CO)C(O)C1O)OP1(=O)ON2O1. The normalized spacial score (nSPS) is 31.6. The number of aliphatic hydroxyl groups excluding tert-OH is 3. The van der Waals surface area contributed by atoms with Gasteiger partial charge in [0.25, 0.3) is 5.95 Å². The van der Waals surface area contributed by atoms with Crippen LogP contribution in [0.15, 0.2) is 4.79 Å². The van der Waals surface area contributed by atoms with E-state index in [0.717, 1.165) is 4.57 Å². The summed E-state index contributed by atoms with van der Waals surface area (Å²) in [4.78, 5) is 19.5. The molecule has 0 amide bonds. The van der Waals surface area contributed by atoms with Crippen LogP contribution >= 0.6 is 7.82 Å². The molecule has 2 fully saturated rings. The van der Waals surface area contributed by atoms with Crippen molar-refractivity contribution in [3.05, 3.63) is 10.4 Å². The van der Waals surface area contributed by atoms with Crippen molar-refractivity contribution in [3.8, 4) is 6.01 Å². The lowest BCUT2D eigenvalue weighted by molar-refractivity contribution is -0.0718. The lowest BCUT2D eigenvalue weighted by atomic mass is 10.1. The molecule has 0 saturated carbocycles. The summed E-state index contributed by atoms with van der Waals surface area (Å²) < 4.78 is 33.5. The van der Waals surface area contributed by atoms with Gasteiger partial charge in [0.2, 0.25) is 0 Å². The highest BCUT2D eigenvalue weighted by Gasteiger charge is 2.54. The molecule has 16 heteroatoms. The fourth-order valence-electron chi connectivity index (χ4n) is 2.94. The van der Waals surface area contributed by atoms with E-state index in [0.29, 0.717) is 9.96 Å². The third kappa shape index (κ3) is 1.87. The molecule has 4 atom stereocenters. The molecule has 140 valence electrons. The van der Waals surface area contributed by atoms with E-state index in [2.05, 4.69) is 9.97 Å². The Labute approximate surface area is 141 Å². The molecule has 4 aliphatic heterocycles. The van der Waals surface area contributed by atoms with Crippen LogP contribution in [0.3, 0.4) is 0 Å². The second-order valence-corrected chi connectivity index (χ2v) is 7.06. The van der Waals surface area contributed by atoms with Crippen molar-refractivity contribution in [2.45, 2.75) is 24.5 Å². The van der Waals surface area contributed by atoms with E-state index in [9.17, 15) is 29.9 Å². The van der Waals surface area contributed by atoms with Gasteiger partial charge < -0.3 is 29.8 Å². The first-order chi connectivity index (χ1) is 12.3. The summed E-state index contributed by atoms with van der Waals surface area (Å²) >= 11 is 0. The quantitative estimate of drug-likeness (QED) is 0.314. The summed E-state index contributed by atoms with van der Waals surface area (Å²) in [5.74, 6) is -0.584. The van der Waals surface area contributed by atoms with E-state index < -0.39 is 56.5 Å². The Morgan fingerprint density at radius 3 is 2.58 bits per heavy atom. The summed E-state index contributed by atoms with van der Waals surface area (Å²) in [6.45, 7) is -0.616. The Hall–Kier alpha value is -2.26. The van der Waals surface area contributed by atoms with Crippen LogP contribution in [0.4, 0.5) is 5.95 Å². The zero-order valence-corrected chi connectivity index (χ0v) is 13.3. The van der Waals surface area contributed by atoms with E-state index in [1.54, 1.807) is 0 Å². The van der Waals surface area contributed by atoms with Crippen LogP contribution in [0.2, 0.25) is 0 Å². The molecular formula is C10H10N5O10P. The Morgan fingerprint density at radius 1 is 1.19 bits per heavy atom. The largest absolute Gasteiger partial charge is 0.580 e. The smallest absolute Gasteiger partial charge is 0.423 e. The highest BCUT2D eigenvalue weighted by atomic mass is 31.2. The van der Waals surface area contributed by atoms with E-state index in [-0.39, 0.29) is 11.2 Å². The maximum Gasteiger partial charge on any atom is 0.580 e. The average molecular weight is 391 g/mol. The Kier molecular flexibility index (Phi) is 3.02. The first-order valence-corrected chi connectivity index (χ1v) is 8.65. The van der Waals surface area contributed by atoms with Crippen LogP contribution in [0, 0.1) is 0 Å². The number of ether oxygens (including phenoxy) is 1. The summed E-state index contributed by atoms with van der Waals surface area (Å²) in [5.41, 5.74) is -1.65. The molecule has 4 N–H and O–H groups in total. The number of nitrogens with zero attached hydrogens (tertiary/aromatic N) is 5. The summed E-state index contributed by atoms with van der Waals surface area (Å²) in [7, 11) is -4.15. The minimum absolute atomic E-state index is 0.333.